The molecule has 0 radical (unpaired) electrons. The summed E-state index contributed by atoms with van der Waals surface area (Å²) in [7, 11) is 0. The number of piperidine rings is 1. The van der Waals surface area contributed by atoms with Gasteiger partial charge in [-0.1, -0.05) is 18.2 Å². The monoisotopic (exact) mass is 445 g/mol. The van der Waals surface area contributed by atoms with Gasteiger partial charge in [-0.3, -0.25) is 0 Å². The van der Waals surface area contributed by atoms with Crippen molar-refractivity contribution in [1.82, 2.24) is 4.90 Å². The highest BCUT2D eigenvalue weighted by Crippen LogP contribution is 2.21. The van der Waals surface area contributed by atoms with Gasteiger partial charge in [0.05, 0.1) is 12.1 Å². The molecule has 5 nitrogen and oxygen atoms in total. The molecule has 2 N–H and O–H groups in total. The summed E-state index contributed by atoms with van der Waals surface area (Å²) in [6, 6.07) is 10.1. The standard InChI is InChI=1S/C18H27N3O2.HI/c22-18(9-13-23-14-10-18)15-19-17(21-11-5-2-6-12-21)20-16-7-3-1-4-8-16;/h1,3-4,7-8,22H,2,5-6,9-15H2,(H,19,20);1H. The predicted molar refractivity (Wildman–Crippen MR) is 108 cm³/mol. The lowest BCUT2D eigenvalue weighted by Crippen LogP contribution is -2.43. The first-order chi connectivity index (χ1) is 11.3. The van der Waals surface area contributed by atoms with Crippen LogP contribution in [0.2, 0.25) is 0 Å². The Hall–Kier alpha value is -0.860. The molecule has 0 aliphatic carbocycles. The summed E-state index contributed by atoms with van der Waals surface area (Å²) in [5.74, 6) is 0.885. The van der Waals surface area contributed by atoms with Crippen molar-refractivity contribution in [3.8, 4) is 0 Å². The first kappa shape index (κ1) is 19.5. The van der Waals surface area contributed by atoms with E-state index in [4.69, 9.17) is 9.73 Å². The molecule has 0 saturated carbocycles. The van der Waals surface area contributed by atoms with E-state index in [0.29, 0.717) is 32.6 Å². The van der Waals surface area contributed by atoms with Crippen LogP contribution < -0.4 is 5.32 Å². The number of para-hydroxylation sites is 1. The molecular formula is C18H28IN3O2. The maximum Gasteiger partial charge on any atom is 0.198 e. The number of likely N-dealkylation sites (tertiary alicyclic amines) is 1. The Labute approximate surface area is 161 Å². The van der Waals surface area contributed by atoms with E-state index < -0.39 is 5.60 Å². The SMILES string of the molecule is I.OC1(CN=C(Nc2ccccc2)N2CCCCC2)CCOCC1. The van der Waals surface area contributed by atoms with Crippen LogP contribution in [0, 0.1) is 0 Å². The Balaban J connectivity index is 0.00000208. The molecule has 6 heteroatoms. The van der Waals surface area contributed by atoms with Crippen LogP contribution in [-0.2, 0) is 4.74 Å². The molecule has 2 heterocycles. The minimum Gasteiger partial charge on any atom is -0.388 e. The second kappa shape index (κ2) is 9.58. The highest BCUT2D eigenvalue weighted by molar-refractivity contribution is 14.0. The maximum atomic E-state index is 10.7. The number of halogens is 1. The molecule has 0 unspecified atom stereocenters. The number of aliphatic imine (C=N–C) groups is 1. The molecule has 0 atom stereocenters. The summed E-state index contributed by atoms with van der Waals surface area (Å²) < 4.78 is 5.35. The first-order valence-corrected chi connectivity index (χ1v) is 8.67. The number of hydrogen-bond donors (Lipinski definition) is 2. The minimum absolute atomic E-state index is 0. The average molecular weight is 445 g/mol. The van der Waals surface area contributed by atoms with Crippen molar-refractivity contribution in [2.24, 2.45) is 4.99 Å². The Morgan fingerprint density at radius 2 is 1.79 bits per heavy atom. The van der Waals surface area contributed by atoms with Gasteiger partial charge < -0.3 is 20.1 Å². The summed E-state index contributed by atoms with van der Waals surface area (Å²) in [4.78, 5) is 7.07. The molecule has 1 aromatic carbocycles. The van der Waals surface area contributed by atoms with Gasteiger partial charge in [-0.25, -0.2) is 4.99 Å². The van der Waals surface area contributed by atoms with Crippen LogP contribution in [0.5, 0.6) is 0 Å². The van der Waals surface area contributed by atoms with Crippen LogP contribution in [0.25, 0.3) is 0 Å². The molecule has 2 aliphatic rings. The lowest BCUT2D eigenvalue weighted by molar-refractivity contribution is -0.0566. The topological polar surface area (TPSA) is 57.1 Å². The van der Waals surface area contributed by atoms with Gasteiger partial charge in [0, 0.05) is 44.8 Å². The number of hydrogen-bond acceptors (Lipinski definition) is 3. The van der Waals surface area contributed by atoms with Gasteiger partial charge in [0.25, 0.3) is 0 Å². The number of nitrogens with zero attached hydrogens (tertiary/aromatic N) is 2. The molecule has 0 aromatic heterocycles. The van der Waals surface area contributed by atoms with Gasteiger partial charge in [0.15, 0.2) is 5.96 Å². The zero-order valence-electron chi connectivity index (χ0n) is 14.1. The van der Waals surface area contributed by atoms with E-state index in [9.17, 15) is 5.11 Å². The van der Waals surface area contributed by atoms with Gasteiger partial charge >= 0.3 is 0 Å². The third-order valence-corrected chi connectivity index (χ3v) is 4.63. The van der Waals surface area contributed by atoms with E-state index >= 15 is 0 Å². The average Bonchev–Trinajstić information content (AvgIpc) is 2.61. The van der Waals surface area contributed by atoms with E-state index in [1.807, 2.05) is 30.3 Å². The van der Waals surface area contributed by atoms with E-state index in [1.54, 1.807) is 0 Å². The second-order valence-electron chi connectivity index (χ2n) is 6.52. The number of rotatable bonds is 3. The molecule has 1 aromatic rings. The summed E-state index contributed by atoms with van der Waals surface area (Å²) in [6.07, 6.45) is 5.02. The van der Waals surface area contributed by atoms with Crippen LogP contribution in [0.1, 0.15) is 32.1 Å². The third kappa shape index (κ3) is 5.60. The number of guanidine groups is 1. The smallest absolute Gasteiger partial charge is 0.198 e. The van der Waals surface area contributed by atoms with Crippen LogP contribution in [-0.4, -0.2) is 54.4 Å². The van der Waals surface area contributed by atoms with Gasteiger partial charge in [0.1, 0.15) is 0 Å². The number of nitrogens with one attached hydrogen (secondary N) is 1. The van der Waals surface area contributed by atoms with Gasteiger partial charge in [-0.2, -0.15) is 0 Å². The lowest BCUT2D eigenvalue weighted by Gasteiger charge is -2.33. The van der Waals surface area contributed by atoms with Crippen LogP contribution in [0.3, 0.4) is 0 Å². The summed E-state index contributed by atoms with van der Waals surface area (Å²) in [6.45, 7) is 3.73. The first-order valence-electron chi connectivity index (χ1n) is 8.67. The lowest BCUT2D eigenvalue weighted by atomic mass is 9.95. The summed E-state index contributed by atoms with van der Waals surface area (Å²) in [5.41, 5.74) is 0.313. The quantitative estimate of drug-likeness (QED) is 0.427. The molecule has 0 spiro atoms. The van der Waals surface area contributed by atoms with Gasteiger partial charge in [0.2, 0.25) is 0 Å². The Kier molecular flexibility index (Phi) is 7.77. The van der Waals surface area contributed by atoms with E-state index in [0.717, 1.165) is 24.7 Å². The fraction of sp³-hybridized carbons (Fsp3) is 0.611. The van der Waals surface area contributed by atoms with Crippen molar-refractivity contribution in [2.45, 2.75) is 37.7 Å². The zero-order chi connectivity index (χ0) is 16.0. The van der Waals surface area contributed by atoms with Crippen molar-refractivity contribution in [2.75, 3.05) is 38.2 Å². The zero-order valence-corrected chi connectivity index (χ0v) is 16.4. The number of benzene rings is 1. The van der Waals surface area contributed by atoms with Gasteiger partial charge in [-0.05, 0) is 31.4 Å². The molecule has 2 saturated heterocycles. The fourth-order valence-electron chi connectivity index (χ4n) is 3.11. The summed E-state index contributed by atoms with van der Waals surface area (Å²) >= 11 is 0. The normalized spacial score (nSPS) is 21.0. The largest absolute Gasteiger partial charge is 0.388 e. The molecule has 3 rings (SSSR count). The third-order valence-electron chi connectivity index (χ3n) is 4.63. The Morgan fingerprint density at radius 3 is 2.46 bits per heavy atom. The highest BCUT2D eigenvalue weighted by atomic mass is 127. The predicted octanol–water partition coefficient (Wildman–Crippen LogP) is 3.10. The molecule has 24 heavy (non-hydrogen) atoms. The Bertz CT molecular complexity index is 512. The van der Waals surface area contributed by atoms with Crippen LogP contribution in [0.4, 0.5) is 5.69 Å². The van der Waals surface area contributed by atoms with Crippen LogP contribution >= 0.6 is 24.0 Å². The van der Waals surface area contributed by atoms with Crippen molar-refractivity contribution < 1.29 is 9.84 Å². The molecule has 0 bridgehead atoms. The van der Waals surface area contributed by atoms with Crippen molar-refractivity contribution in [3.05, 3.63) is 30.3 Å². The maximum absolute atomic E-state index is 10.7. The number of ether oxygens (including phenoxy) is 1. The second-order valence-corrected chi connectivity index (χ2v) is 6.52. The molecule has 0 amide bonds. The molecule has 2 fully saturated rings. The summed E-state index contributed by atoms with van der Waals surface area (Å²) in [5, 5.41) is 14.1. The van der Waals surface area contributed by atoms with Crippen molar-refractivity contribution >= 4 is 35.6 Å². The molecular weight excluding hydrogens is 417 g/mol. The minimum atomic E-state index is -0.725. The van der Waals surface area contributed by atoms with Crippen LogP contribution in [0.15, 0.2) is 35.3 Å². The number of aliphatic hydroxyl groups is 1. The molecule has 2 aliphatic heterocycles. The number of anilines is 1. The van der Waals surface area contributed by atoms with E-state index in [1.165, 1.54) is 19.3 Å². The van der Waals surface area contributed by atoms with Gasteiger partial charge in [-0.15, -0.1) is 24.0 Å². The van der Waals surface area contributed by atoms with E-state index in [-0.39, 0.29) is 24.0 Å². The van der Waals surface area contributed by atoms with E-state index in [2.05, 4.69) is 10.2 Å². The molecule has 134 valence electrons. The Morgan fingerprint density at radius 1 is 1.12 bits per heavy atom. The van der Waals surface area contributed by atoms with Crippen molar-refractivity contribution in [1.29, 1.82) is 0 Å². The van der Waals surface area contributed by atoms with Crippen molar-refractivity contribution in [3.63, 3.8) is 0 Å². The fourth-order valence-corrected chi connectivity index (χ4v) is 3.11. The highest BCUT2D eigenvalue weighted by Gasteiger charge is 2.30.